The molecule has 1 aliphatic rings. The van der Waals surface area contributed by atoms with E-state index < -0.39 is 16.4 Å². The van der Waals surface area contributed by atoms with E-state index in [0.717, 1.165) is 12.8 Å². The van der Waals surface area contributed by atoms with E-state index >= 15 is 0 Å². The Morgan fingerprint density at radius 2 is 1.78 bits per heavy atom. The van der Waals surface area contributed by atoms with Crippen molar-refractivity contribution in [2.75, 3.05) is 10.6 Å². The summed E-state index contributed by atoms with van der Waals surface area (Å²) in [5.74, 6) is -0.438. The monoisotopic (exact) mass is 455 g/mol. The Kier molecular flexibility index (Phi) is 5.82. The predicted molar refractivity (Wildman–Crippen MR) is 114 cm³/mol. The number of carbonyl (C=O) groups is 2. The molecule has 0 unspecified atom stereocenters. The molecule has 4 rings (SSSR count). The van der Waals surface area contributed by atoms with Crippen LogP contribution in [0.1, 0.15) is 23.2 Å². The maximum atomic E-state index is 12.8. The molecule has 32 heavy (non-hydrogen) atoms. The van der Waals surface area contributed by atoms with Gasteiger partial charge in [-0.2, -0.15) is 8.42 Å². The van der Waals surface area contributed by atoms with E-state index in [1.165, 1.54) is 55.0 Å². The Morgan fingerprint density at radius 3 is 2.47 bits per heavy atom. The molecule has 0 aliphatic heterocycles. The molecule has 11 heteroatoms. The van der Waals surface area contributed by atoms with Gasteiger partial charge in [-0.05, 0) is 48.7 Å². The number of halogens is 1. The summed E-state index contributed by atoms with van der Waals surface area (Å²) in [5.41, 5.74) is 1.89. The fourth-order valence-corrected chi connectivity index (χ4v) is 3.30. The highest BCUT2D eigenvalue weighted by atomic mass is 32.3. The topological polar surface area (TPSA) is 127 Å². The normalized spacial score (nSPS) is 13.3. The Labute approximate surface area is 183 Å². The van der Waals surface area contributed by atoms with Gasteiger partial charge in [-0.3, -0.25) is 14.6 Å². The smallest absolute Gasteiger partial charge is 0.358 e. The van der Waals surface area contributed by atoms with Crippen LogP contribution in [-0.4, -0.2) is 30.2 Å². The van der Waals surface area contributed by atoms with Gasteiger partial charge < -0.3 is 14.8 Å². The minimum atomic E-state index is -5.12. The molecule has 2 amide bonds. The van der Waals surface area contributed by atoms with Crippen molar-refractivity contribution in [1.82, 2.24) is 9.97 Å². The average molecular weight is 455 g/mol. The summed E-state index contributed by atoms with van der Waals surface area (Å²) in [7, 11) is -5.12. The maximum absolute atomic E-state index is 12.8. The molecule has 1 aromatic carbocycles. The van der Waals surface area contributed by atoms with Crippen LogP contribution in [0.3, 0.4) is 0 Å². The van der Waals surface area contributed by atoms with Crippen LogP contribution < -0.4 is 14.8 Å². The summed E-state index contributed by atoms with van der Waals surface area (Å²) in [6.45, 7) is 0. The first-order valence-corrected chi connectivity index (χ1v) is 10.9. The zero-order valence-corrected chi connectivity index (χ0v) is 17.3. The van der Waals surface area contributed by atoms with E-state index in [4.69, 9.17) is 0 Å². The van der Waals surface area contributed by atoms with Crippen LogP contribution in [0, 0.1) is 5.92 Å². The minimum absolute atomic E-state index is 0.00837. The van der Waals surface area contributed by atoms with Gasteiger partial charge in [0.1, 0.15) is 11.6 Å². The van der Waals surface area contributed by atoms with Crippen LogP contribution in [-0.2, 0) is 15.3 Å². The highest BCUT2D eigenvalue weighted by Gasteiger charge is 2.29. The Bertz CT molecular complexity index is 1280. The first kappa shape index (κ1) is 21.4. The molecule has 2 N–H and O–H groups in total. The van der Waals surface area contributed by atoms with Crippen LogP contribution in [0.15, 0.2) is 61.1 Å². The predicted octanol–water partition coefficient (Wildman–Crippen LogP) is 3.34. The molecule has 1 saturated carbocycles. The van der Waals surface area contributed by atoms with Gasteiger partial charge in [0.25, 0.3) is 5.91 Å². The Morgan fingerprint density at radius 1 is 1.03 bits per heavy atom. The summed E-state index contributed by atoms with van der Waals surface area (Å²) in [4.78, 5) is 32.8. The highest BCUT2D eigenvalue weighted by molar-refractivity contribution is 7.81. The zero-order valence-electron chi connectivity index (χ0n) is 16.5. The van der Waals surface area contributed by atoms with Gasteiger partial charge in [0, 0.05) is 29.4 Å². The van der Waals surface area contributed by atoms with Crippen molar-refractivity contribution >= 4 is 33.8 Å². The number of hydrogen-bond acceptors (Lipinski definition) is 7. The Balaban J connectivity index is 1.52. The third kappa shape index (κ3) is 5.43. The van der Waals surface area contributed by atoms with Gasteiger partial charge in [-0.15, -0.1) is 0 Å². The standard InChI is InChI=1S/C21H17FN4O5S/c22-32(29,30)31-16-5-3-13(4-6-16)17-8-9-23-12-18(17)25-21(28)15-7-10-24-19(11-15)26-20(27)14-1-2-14/h3-12,14H,1-2H2,(H,25,28)(H,24,26,27)/i22-1. The van der Waals surface area contributed by atoms with Crippen LogP contribution in [0.5, 0.6) is 5.75 Å². The van der Waals surface area contributed by atoms with E-state index in [1.54, 1.807) is 6.07 Å². The second-order valence-electron chi connectivity index (χ2n) is 7.07. The molecule has 0 spiro atoms. The number of amides is 2. The molecule has 2 aromatic heterocycles. The maximum Gasteiger partial charge on any atom is 0.488 e. The molecule has 0 saturated heterocycles. The summed E-state index contributed by atoms with van der Waals surface area (Å²) in [5, 5.41) is 5.46. The molecule has 2 heterocycles. The molecule has 9 nitrogen and oxygen atoms in total. The SMILES string of the molecule is O=C(Nc1cnccc1-c1ccc(OS(=O)(=O)[18F])cc1)c1ccnc(NC(=O)C2CC2)c1. The number of pyridine rings is 2. The van der Waals surface area contributed by atoms with Crippen molar-refractivity contribution in [3.05, 3.63) is 66.6 Å². The fraction of sp³-hybridized carbons (Fsp3) is 0.143. The van der Waals surface area contributed by atoms with Crippen LogP contribution in [0.2, 0.25) is 0 Å². The fourth-order valence-electron chi connectivity index (χ4n) is 2.96. The van der Waals surface area contributed by atoms with Gasteiger partial charge in [-0.25, -0.2) is 4.98 Å². The van der Waals surface area contributed by atoms with E-state index in [9.17, 15) is 21.9 Å². The van der Waals surface area contributed by atoms with E-state index in [-0.39, 0.29) is 23.1 Å². The third-order valence-corrected chi connectivity index (χ3v) is 5.04. The van der Waals surface area contributed by atoms with Crippen molar-refractivity contribution in [3.63, 3.8) is 0 Å². The molecule has 0 radical (unpaired) electrons. The number of nitrogens with zero attached hydrogens (tertiary/aromatic N) is 2. The zero-order chi connectivity index (χ0) is 22.7. The number of hydrogen-bond donors (Lipinski definition) is 2. The molecular weight excluding hydrogens is 438 g/mol. The van der Waals surface area contributed by atoms with Crippen molar-refractivity contribution in [2.45, 2.75) is 12.8 Å². The summed E-state index contributed by atoms with van der Waals surface area (Å²) < 4.78 is 38.1. The van der Waals surface area contributed by atoms with E-state index in [0.29, 0.717) is 22.6 Å². The summed E-state index contributed by atoms with van der Waals surface area (Å²) in [6, 6.07) is 10.3. The molecule has 0 bridgehead atoms. The van der Waals surface area contributed by atoms with E-state index in [2.05, 4.69) is 24.8 Å². The minimum Gasteiger partial charge on any atom is -0.358 e. The molecule has 1 aliphatic carbocycles. The second-order valence-corrected chi connectivity index (χ2v) is 8.02. The van der Waals surface area contributed by atoms with Crippen LogP contribution >= 0.6 is 0 Å². The average Bonchev–Trinajstić information content (AvgIpc) is 3.59. The van der Waals surface area contributed by atoms with Gasteiger partial charge in [0.05, 0.1) is 11.9 Å². The number of nitrogens with one attached hydrogen (secondary N) is 2. The van der Waals surface area contributed by atoms with Gasteiger partial charge in [0.15, 0.2) is 0 Å². The van der Waals surface area contributed by atoms with Crippen molar-refractivity contribution < 1.29 is 26.1 Å². The molecule has 164 valence electrons. The van der Waals surface area contributed by atoms with Gasteiger partial charge in [-0.1, -0.05) is 16.0 Å². The third-order valence-electron chi connectivity index (χ3n) is 4.65. The first-order valence-electron chi connectivity index (χ1n) is 9.55. The van der Waals surface area contributed by atoms with E-state index in [1.807, 2.05) is 0 Å². The quantitative estimate of drug-likeness (QED) is 0.523. The van der Waals surface area contributed by atoms with Crippen LogP contribution in [0.4, 0.5) is 15.4 Å². The molecular formula is C21H17FN4O5S. The van der Waals surface area contributed by atoms with Crippen LogP contribution in [0.25, 0.3) is 11.1 Å². The lowest BCUT2D eigenvalue weighted by atomic mass is 10.1. The van der Waals surface area contributed by atoms with Gasteiger partial charge in [0.2, 0.25) is 5.91 Å². The van der Waals surface area contributed by atoms with Crippen molar-refractivity contribution in [1.29, 1.82) is 0 Å². The summed E-state index contributed by atoms with van der Waals surface area (Å²) >= 11 is 0. The Hall–Kier alpha value is -3.86. The first-order chi connectivity index (χ1) is 15.3. The second kappa shape index (κ2) is 8.71. The lowest BCUT2D eigenvalue weighted by Crippen LogP contribution is -2.16. The molecule has 1 fully saturated rings. The molecule has 3 aromatic rings. The highest BCUT2D eigenvalue weighted by Crippen LogP contribution is 2.31. The number of rotatable bonds is 7. The molecule has 0 atom stereocenters. The number of benzene rings is 1. The van der Waals surface area contributed by atoms with Crippen molar-refractivity contribution in [3.8, 4) is 16.9 Å². The lowest BCUT2D eigenvalue weighted by Gasteiger charge is -2.12. The van der Waals surface area contributed by atoms with Gasteiger partial charge >= 0.3 is 10.5 Å². The number of anilines is 2. The largest absolute Gasteiger partial charge is 0.488 e. The van der Waals surface area contributed by atoms with Crippen molar-refractivity contribution in [2.24, 2.45) is 5.92 Å². The lowest BCUT2D eigenvalue weighted by molar-refractivity contribution is -0.117. The number of carbonyl (C=O) groups excluding carboxylic acids is 2. The number of aromatic nitrogens is 2. The summed E-state index contributed by atoms with van der Waals surface area (Å²) in [6.07, 6.45) is 6.12.